The molecule has 3 rings (SSSR count). The zero-order chi connectivity index (χ0) is 18.5. The van der Waals surface area contributed by atoms with E-state index in [0.717, 1.165) is 12.8 Å². The number of aryl methyl sites for hydroxylation is 1. The van der Waals surface area contributed by atoms with Crippen LogP contribution in [0, 0.1) is 5.92 Å². The Morgan fingerprint density at radius 2 is 2.08 bits per heavy atom. The maximum atomic E-state index is 12.7. The van der Waals surface area contributed by atoms with Crippen molar-refractivity contribution in [3.63, 3.8) is 0 Å². The summed E-state index contributed by atoms with van der Waals surface area (Å²) in [7, 11) is 1.59. The van der Waals surface area contributed by atoms with Crippen molar-refractivity contribution in [1.82, 2.24) is 5.32 Å². The van der Waals surface area contributed by atoms with Gasteiger partial charge in [-0.25, -0.2) is 0 Å². The number of thiophene rings is 1. The van der Waals surface area contributed by atoms with Crippen LogP contribution >= 0.6 is 11.3 Å². The number of anilines is 1. The van der Waals surface area contributed by atoms with Crippen LogP contribution in [-0.2, 0) is 17.6 Å². The second-order valence-electron chi connectivity index (χ2n) is 6.66. The Bertz CT molecular complexity index is 800. The number of para-hydroxylation sites is 1. The van der Waals surface area contributed by atoms with Crippen molar-refractivity contribution >= 4 is 28.8 Å². The molecule has 26 heavy (non-hydrogen) atoms. The summed E-state index contributed by atoms with van der Waals surface area (Å²) in [4.78, 5) is 27.1. The van der Waals surface area contributed by atoms with Crippen molar-refractivity contribution in [3.05, 3.63) is 51.2 Å². The second-order valence-corrected chi connectivity index (χ2v) is 7.79. The molecule has 0 fully saturated rings. The van der Waals surface area contributed by atoms with Crippen LogP contribution in [0.15, 0.2) is 30.3 Å². The SMILES string of the molecule is COCCNC(=O)c1ccccc1NC(=O)c1cc2c(s1)CCC(C)C2. The lowest BCUT2D eigenvalue weighted by atomic mass is 9.90. The number of carbonyl (C=O) groups is 2. The molecule has 2 N–H and O–H groups in total. The number of hydrogen-bond donors (Lipinski definition) is 2. The van der Waals surface area contributed by atoms with Gasteiger partial charge in [0.1, 0.15) is 0 Å². The third-order valence-corrected chi connectivity index (χ3v) is 5.80. The van der Waals surface area contributed by atoms with Crippen LogP contribution in [0.25, 0.3) is 0 Å². The zero-order valence-electron chi connectivity index (χ0n) is 15.1. The Morgan fingerprint density at radius 1 is 1.27 bits per heavy atom. The van der Waals surface area contributed by atoms with E-state index in [0.29, 0.717) is 35.2 Å². The van der Waals surface area contributed by atoms with Gasteiger partial charge in [-0.2, -0.15) is 0 Å². The topological polar surface area (TPSA) is 67.4 Å². The third kappa shape index (κ3) is 4.31. The lowest BCUT2D eigenvalue weighted by Gasteiger charge is -2.16. The highest BCUT2D eigenvalue weighted by molar-refractivity contribution is 7.14. The number of methoxy groups -OCH3 is 1. The molecule has 5 nitrogen and oxygen atoms in total. The van der Waals surface area contributed by atoms with Crippen LogP contribution < -0.4 is 10.6 Å². The number of fused-ring (bicyclic) bond motifs is 1. The molecule has 138 valence electrons. The third-order valence-electron chi connectivity index (χ3n) is 4.56. The van der Waals surface area contributed by atoms with Crippen molar-refractivity contribution in [3.8, 4) is 0 Å². The maximum Gasteiger partial charge on any atom is 0.265 e. The molecule has 0 aliphatic heterocycles. The maximum absolute atomic E-state index is 12.7. The van der Waals surface area contributed by atoms with Crippen LogP contribution in [0.2, 0.25) is 0 Å². The molecule has 0 spiro atoms. The van der Waals surface area contributed by atoms with Gasteiger partial charge in [0.2, 0.25) is 0 Å². The molecule has 1 aromatic heterocycles. The first-order valence-corrected chi connectivity index (χ1v) is 9.69. The quantitative estimate of drug-likeness (QED) is 0.763. The van der Waals surface area contributed by atoms with Gasteiger partial charge >= 0.3 is 0 Å². The monoisotopic (exact) mass is 372 g/mol. The predicted molar refractivity (Wildman–Crippen MR) is 104 cm³/mol. The summed E-state index contributed by atoms with van der Waals surface area (Å²) in [5.74, 6) is 0.288. The first kappa shape index (κ1) is 18.6. The molecule has 0 saturated carbocycles. The summed E-state index contributed by atoms with van der Waals surface area (Å²) in [6.07, 6.45) is 3.27. The van der Waals surface area contributed by atoms with Crippen LogP contribution in [0.4, 0.5) is 5.69 Å². The number of carbonyl (C=O) groups excluding carboxylic acids is 2. The van der Waals surface area contributed by atoms with Gasteiger partial charge in [-0.15, -0.1) is 11.3 Å². The van der Waals surface area contributed by atoms with E-state index in [1.165, 1.54) is 16.9 Å². The molecule has 1 aromatic carbocycles. The molecule has 1 aliphatic carbocycles. The average Bonchev–Trinajstić information content (AvgIpc) is 3.05. The molecule has 1 aliphatic rings. The van der Waals surface area contributed by atoms with Gasteiger partial charge in [0, 0.05) is 18.5 Å². The molecule has 1 heterocycles. The largest absolute Gasteiger partial charge is 0.383 e. The van der Waals surface area contributed by atoms with Gasteiger partial charge in [-0.05, 0) is 48.9 Å². The zero-order valence-corrected chi connectivity index (χ0v) is 15.9. The van der Waals surface area contributed by atoms with E-state index < -0.39 is 0 Å². The van der Waals surface area contributed by atoms with Gasteiger partial charge in [0.25, 0.3) is 11.8 Å². The molecular formula is C20H24N2O3S. The van der Waals surface area contributed by atoms with Crippen LogP contribution in [0.5, 0.6) is 0 Å². The van der Waals surface area contributed by atoms with E-state index in [-0.39, 0.29) is 11.8 Å². The fourth-order valence-corrected chi connectivity index (χ4v) is 4.26. The van der Waals surface area contributed by atoms with Gasteiger partial charge in [0.05, 0.1) is 22.7 Å². The van der Waals surface area contributed by atoms with E-state index in [1.54, 1.807) is 36.6 Å². The van der Waals surface area contributed by atoms with Crippen molar-refractivity contribution in [2.45, 2.75) is 26.2 Å². The number of hydrogen-bond acceptors (Lipinski definition) is 4. The molecule has 1 unspecified atom stereocenters. The molecule has 2 amide bonds. The van der Waals surface area contributed by atoms with Crippen molar-refractivity contribution < 1.29 is 14.3 Å². The Morgan fingerprint density at radius 3 is 2.88 bits per heavy atom. The predicted octanol–water partition coefficient (Wildman–Crippen LogP) is 3.50. The number of ether oxygens (including phenoxy) is 1. The van der Waals surface area contributed by atoms with Crippen LogP contribution in [0.1, 0.15) is 43.8 Å². The summed E-state index contributed by atoms with van der Waals surface area (Å²) in [6.45, 7) is 3.12. The Hall–Kier alpha value is -2.18. The van der Waals surface area contributed by atoms with Gasteiger partial charge in [-0.1, -0.05) is 19.1 Å². The second kappa shape index (κ2) is 8.47. The number of nitrogens with one attached hydrogen (secondary N) is 2. The van der Waals surface area contributed by atoms with E-state index in [2.05, 4.69) is 17.6 Å². The van der Waals surface area contributed by atoms with Crippen molar-refractivity contribution in [1.29, 1.82) is 0 Å². The molecule has 1 atom stereocenters. The highest BCUT2D eigenvalue weighted by atomic mass is 32.1. The minimum atomic E-state index is -0.225. The van der Waals surface area contributed by atoms with Crippen LogP contribution in [0.3, 0.4) is 0 Å². The highest BCUT2D eigenvalue weighted by Crippen LogP contribution is 2.32. The average molecular weight is 372 g/mol. The van der Waals surface area contributed by atoms with Crippen molar-refractivity contribution in [2.75, 3.05) is 25.6 Å². The summed E-state index contributed by atoms with van der Waals surface area (Å²) < 4.78 is 4.94. The standard InChI is InChI=1S/C20H24N2O3S/c1-13-7-8-17-14(11-13)12-18(26-17)20(24)22-16-6-4-3-5-15(16)19(23)21-9-10-25-2/h3-6,12-13H,7-11H2,1-2H3,(H,21,23)(H,22,24). The van der Waals surface area contributed by atoms with E-state index in [1.807, 2.05) is 12.1 Å². The van der Waals surface area contributed by atoms with Gasteiger partial charge in [-0.3, -0.25) is 9.59 Å². The highest BCUT2D eigenvalue weighted by Gasteiger charge is 2.21. The lowest BCUT2D eigenvalue weighted by Crippen LogP contribution is -2.28. The van der Waals surface area contributed by atoms with Crippen molar-refractivity contribution in [2.24, 2.45) is 5.92 Å². The van der Waals surface area contributed by atoms with E-state index in [4.69, 9.17) is 4.74 Å². The van der Waals surface area contributed by atoms with Gasteiger partial charge < -0.3 is 15.4 Å². The molecular weight excluding hydrogens is 348 g/mol. The van der Waals surface area contributed by atoms with Crippen LogP contribution in [-0.4, -0.2) is 32.1 Å². The molecule has 0 radical (unpaired) electrons. The number of rotatable bonds is 6. The Kier molecular flexibility index (Phi) is 6.06. The van der Waals surface area contributed by atoms with E-state index in [9.17, 15) is 9.59 Å². The molecule has 0 bridgehead atoms. The lowest BCUT2D eigenvalue weighted by molar-refractivity contribution is 0.0938. The number of amides is 2. The summed E-state index contributed by atoms with van der Waals surface area (Å²) in [5.41, 5.74) is 2.27. The summed E-state index contributed by atoms with van der Waals surface area (Å²) in [6, 6.07) is 9.05. The minimum absolute atomic E-state index is 0.158. The Labute approximate surface area is 157 Å². The van der Waals surface area contributed by atoms with E-state index >= 15 is 0 Å². The normalized spacial score (nSPS) is 16.0. The summed E-state index contributed by atoms with van der Waals surface area (Å²) in [5, 5.41) is 5.68. The summed E-state index contributed by atoms with van der Waals surface area (Å²) >= 11 is 1.57. The molecule has 0 saturated heterocycles. The fraction of sp³-hybridized carbons (Fsp3) is 0.400. The Balaban J connectivity index is 1.73. The minimum Gasteiger partial charge on any atom is -0.383 e. The molecule has 6 heteroatoms. The van der Waals surface area contributed by atoms with Gasteiger partial charge in [0.15, 0.2) is 0 Å². The first-order chi connectivity index (χ1) is 12.6. The first-order valence-electron chi connectivity index (χ1n) is 8.87. The number of benzene rings is 1. The molecule has 2 aromatic rings. The smallest absolute Gasteiger partial charge is 0.265 e. The fourth-order valence-electron chi connectivity index (χ4n) is 3.15.